The van der Waals surface area contributed by atoms with Crippen LogP contribution in [0.4, 0.5) is 5.69 Å². The number of carbonyl (C=O) groups is 2. The van der Waals surface area contributed by atoms with Gasteiger partial charge in [0.25, 0.3) is 11.8 Å². The molecule has 14 heavy (non-hydrogen) atoms. The molecular formula is C10H7NO2Si. The molecule has 68 valence electrons. The summed E-state index contributed by atoms with van der Waals surface area (Å²) in [6.07, 6.45) is 2.55. The fourth-order valence-electron chi connectivity index (χ4n) is 1.23. The van der Waals surface area contributed by atoms with Gasteiger partial charge in [-0.1, -0.05) is 18.2 Å². The maximum Gasteiger partial charge on any atom is 0.258 e. The van der Waals surface area contributed by atoms with Gasteiger partial charge in [0.1, 0.15) is 0 Å². The van der Waals surface area contributed by atoms with E-state index >= 15 is 0 Å². The smallest absolute Gasteiger partial charge is 0.258 e. The summed E-state index contributed by atoms with van der Waals surface area (Å²) in [6, 6.07) is 8.86. The zero-order chi connectivity index (χ0) is 9.26. The fraction of sp³-hybridized carbons (Fsp3) is 0. The van der Waals surface area contributed by atoms with E-state index in [1.54, 1.807) is 24.3 Å². The van der Waals surface area contributed by atoms with Crippen molar-refractivity contribution in [2.45, 2.75) is 0 Å². The third kappa shape index (κ3) is 1.65. The van der Waals surface area contributed by atoms with E-state index in [4.69, 9.17) is 0 Å². The first-order valence-corrected chi connectivity index (χ1v) is 3.90. The Bertz CT molecular complexity index is 368. The highest BCUT2D eigenvalue weighted by Crippen LogP contribution is 2.17. The molecule has 1 aliphatic rings. The molecule has 1 heterocycles. The molecule has 1 aromatic rings. The number of anilines is 1. The summed E-state index contributed by atoms with van der Waals surface area (Å²) in [5.41, 5.74) is 0.613. The van der Waals surface area contributed by atoms with Gasteiger partial charge in [0.2, 0.25) is 0 Å². The van der Waals surface area contributed by atoms with Crippen molar-refractivity contribution in [3.05, 3.63) is 42.5 Å². The Morgan fingerprint density at radius 2 is 1.36 bits per heavy atom. The van der Waals surface area contributed by atoms with Crippen molar-refractivity contribution >= 4 is 28.5 Å². The Morgan fingerprint density at radius 3 is 1.86 bits per heavy atom. The van der Waals surface area contributed by atoms with Crippen LogP contribution in [-0.2, 0) is 9.59 Å². The Balaban J connectivity index is 0.000000980. The van der Waals surface area contributed by atoms with Crippen LogP contribution in [0, 0.1) is 0 Å². The maximum absolute atomic E-state index is 11.2. The zero-order valence-corrected chi connectivity index (χ0v) is 8.31. The summed E-state index contributed by atoms with van der Waals surface area (Å²) >= 11 is 0. The molecule has 0 atom stereocenters. The van der Waals surface area contributed by atoms with Gasteiger partial charge in [-0.05, 0) is 12.1 Å². The molecule has 3 nitrogen and oxygen atoms in total. The predicted molar refractivity (Wildman–Crippen MR) is 53.8 cm³/mol. The van der Waals surface area contributed by atoms with Crippen LogP contribution in [0.5, 0.6) is 0 Å². The molecule has 0 saturated carbocycles. The Morgan fingerprint density at radius 1 is 0.857 bits per heavy atom. The Kier molecular flexibility index (Phi) is 2.98. The number of carbonyl (C=O) groups excluding carboxylic acids is 2. The lowest BCUT2D eigenvalue weighted by Crippen LogP contribution is -2.29. The second-order valence-corrected chi connectivity index (χ2v) is 2.68. The lowest BCUT2D eigenvalue weighted by Gasteiger charge is -2.12. The van der Waals surface area contributed by atoms with Gasteiger partial charge in [-0.15, -0.1) is 0 Å². The molecule has 1 aromatic carbocycles. The number of amides is 2. The van der Waals surface area contributed by atoms with Crippen LogP contribution in [0.25, 0.3) is 0 Å². The molecule has 4 heteroatoms. The lowest BCUT2D eigenvalue weighted by molar-refractivity contribution is -0.119. The molecule has 2 amide bonds. The van der Waals surface area contributed by atoms with E-state index in [1.807, 2.05) is 6.07 Å². The topological polar surface area (TPSA) is 37.4 Å². The monoisotopic (exact) mass is 201 g/mol. The minimum Gasteiger partial charge on any atom is -0.269 e. The summed E-state index contributed by atoms with van der Waals surface area (Å²) < 4.78 is 0. The van der Waals surface area contributed by atoms with Crippen molar-refractivity contribution in [3.63, 3.8) is 0 Å². The summed E-state index contributed by atoms with van der Waals surface area (Å²) in [5.74, 6) is -0.563. The van der Waals surface area contributed by atoms with Crippen molar-refractivity contribution in [2.75, 3.05) is 4.90 Å². The standard InChI is InChI=1S/C10H7NO2.Si/c12-9-6-7-10(13)11(9)8-4-2-1-3-5-8;/h1-7H;. The molecule has 2 rings (SSSR count). The van der Waals surface area contributed by atoms with Gasteiger partial charge in [0.15, 0.2) is 0 Å². The van der Waals surface area contributed by atoms with Crippen molar-refractivity contribution in [2.24, 2.45) is 0 Å². The number of hydrogen-bond acceptors (Lipinski definition) is 2. The average molecular weight is 201 g/mol. The SMILES string of the molecule is O=C1C=CC(=O)N1c1ccccc1.[Si]. The number of hydrogen-bond donors (Lipinski definition) is 0. The molecule has 4 radical (unpaired) electrons. The molecule has 1 aliphatic heterocycles. The van der Waals surface area contributed by atoms with Gasteiger partial charge in [-0.3, -0.25) is 9.59 Å². The fourth-order valence-corrected chi connectivity index (χ4v) is 1.23. The van der Waals surface area contributed by atoms with Gasteiger partial charge < -0.3 is 0 Å². The van der Waals surface area contributed by atoms with E-state index < -0.39 is 0 Å². The molecule has 0 aliphatic carbocycles. The van der Waals surface area contributed by atoms with Crippen LogP contribution in [0.1, 0.15) is 0 Å². The third-order valence-electron chi connectivity index (χ3n) is 1.82. The van der Waals surface area contributed by atoms with Crippen LogP contribution >= 0.6 is 0 Å². The van der Waals surface area contributed by atoms with Gasteiger partial charge in [-0.2, -0.15) is 0 Å². The molecule has 0 unspecified atom stereocenters. The maximum atomic E-state index is 11.2. The highest BCUT2D eigenvalue weighted by molar-refractivity contribution is 6.28. The van der Waals surface area contributed by atoms with Crippen molar-refractivity contribution in [3.8, 4) is 0 Å². The van der Waals surface area contributed by atoms with E-state index in [1.165, 1.54) is 12.2 Å². The molecule has 0 aromatic heterocycles. The number of nitrogens with zero attached hydrogens (tertiary/aromatic N) is 1. The molecule has 0 fully saturated rings. The summed E-state index contributed by atoms with van der Waals surface area (Å²) in [6.45, 7) is 0. The van der Waals surface area contributed by atoms with Crippen molar-refractivity contribution < 1.29 is 9.59 Å². The van der Waals surface area contributed by atoms with Crippen molar-refractivity contribution in [1.82, 2.24) is 0 Å². The molecular weight excluding hydrogens is 194 g/mol. The Labute approximate surface area is 86.1 Å². The number of benzene rings is 1. The highest BCUT2D eigenvalue weighted by Gasteiger charge is 2.24. The first kappa shape index (κ1) is 10.4. The summed E-state index contributed by atoms with van der Waals surface area (Å²) in [5, 5.41) is 0. The van der Waals surface area contributed by atoms with Gasteiger partial charge >= 0.3 is 0 Å². The summed E-state index contributed by atoms with van der Waals surface area (Å²) in [7, 11) is 0. The zero-order valence-electron chi connectivity index (χ0n) is 7.31. The normalized spacial score (nSPS) is 14.4. The first-order valence-electron chi connectivity index (χ1n) is 3.90. The van der Waals surface area contributed by atoms with Gasteiger partial charge in [0.05, 0.1) is 5.69 Å². The molecule has 0 bridgehead atoms. The number of rotatable bonds is 1. The predicted octanol–water partition coefficient (Wildman–Crippen LogP) is 0.735. The first-order chi connectivity index (χ1) is 6.29. The highest BCUT2D eigenvalue weighted by atomic mass is 28.1. The molecule has 0 N–H and O–H groups in total. The van der Waals surface area contributed by atoms with E-state index in [0.717, 1.165) is 4.90 Å². The molecule has 0 spiro atoms. The number of imide groups is 1. The minimum atomic E-state index is -0.281. The Hall–Kier alpha value is -1.68. The molecule has 0 saturated heterocycles. The van der Waals surface area contributed by atoms with Crippen LogP contribution in [-0.4, -0.2) is 22.8 Å². The van der Waals surface area contributed by atoms with E-state index in [-0.39, 0.29) is 22.8 Å². The number of para-hydroxylation sites is 1. The average Bonchev–Trinajstić information content (AvgIpc) is 2.48. The second kappa shape index (κ2) is 4.02. The largest absolute Gasteiger partial charge is 0.269 e. The van der Waals surface area contributed by atoms with Crippen LogP contribution in [0.15, 0.2) is 42.5 Å². The summed E-state index contributed by atoms with van der Waals surface area (Å²) in [4.78, 5) is 23.5. The van der Waals surface area contributed by atoms with Gasteiger partial charge in [0, 0.05) is 23.1 Å². The van der Waals surface area contributed by atoms with Crippen LogP contribution < -0.4 is 4.90 Å². The lowest BCUT2D eigenvalue weighted by atomic mass is 10.3. The van der Waals surface area contributed by atoms with Crippen LogP contribution in [0.2, 0.25) is 0 Å². The second-order valence-electron chi connectivity index (χ2n) is 2.68. The third-order valence-corrected chi connectivity index (χ3v) is 1.82. The van der Waals surface area contributed by atoms with E-state index in [9.17, 15) is 9.59 Å². The van der Waals surface area contributed by atoms with E-state index in [0.29, 0.717) is 5.69 Å². The van der Waals surface area contributed by atoms with Gasteiger partial charge in [-0.25, -0.2) is 4.90 Å². The minimum absolute atomic E-state index is 0. The quantitative estimate of drug-likeness (QED) is 0.496. The van der Waals surface area contributed by atoms with E-state index in [2.05, 4.69) is 0 Å². The van der Waals surface area contributed by atoms with Crippen molar-refractivity contribution in [1.29, 1.82) is 0 Å². The van der Waals surface area contributed by atoms with Crippen LogP contribution in [0.3, 0.4) is 0 Å².